The molecule has 4 nitrogen and oxygen atoms in total. The average molecular weight is 238 g/mol. The minimum Gasteiger partial charge on any atom is -0.381 e. The van der Waals surface area contributed by atoms with Gasteiger partial charge in [0.15, 0.2) is 11.6 Å². The van der Waals surface area contributed by atoms with Gasteiger partial charge in [-0.25, -0.2) is 9.97 Å². The van der Waals surface area contributed by atoms with Crippen molar-refractivity contribution in [3.63, 3.8) is 0 Å². The van der Waals surface area contributed by atoms with Crippen LogP contribution in [0.15, 0.2) is 12.4 Å². The highest BCUT2D eigenvalue weighted by molar-refractivity contribution is 7.99. The summed E-state index contributed by atoms with van der Waals surface area (Å²) in [5.74, 6) is 2.39. The summed E-state index contributed by atoms with van der Waals surface area (Å²) in [6.07, 6.45) is 7.07. The zero-order chi connectivity index (χ0) is 11.4. The summed E-state index contributed by atoms with van der Waals surface area (Å²) in [5, 5.41) is 4.11. The van der Waals surface area contributed by atoms with E-state index in [1.54, 1.807) is 12.4 Å². The van der Waals surface area contributed by atoms with Crippen molar-refractivity contribution in [1.29, 1.82) is 0 Å². The molecule has 1 aliphatic carbocycles. The molecule has 0 aliphatic heterocycles. The maximum atomic E-state index is 5.78. The summed E-state index contributed by atoms with van der Waals surface area (Å²) in [6, 6.07) is 0.490. The van der Waals surface area contributed by atoms with Crippen LogP contribution in [-0.2, 0) is 0 Å². The van der Waals surface area contributed by atoms with Crippen molar-refractivity contribution >= 4 is 23.4 Å². The van der Waals surface area contributed by atoms with Crippen molar-refractivity contribution in [3.05, 3.63) is 12.4 Å². The molecule has 5 heteroatoms. The predicted octanol–water partition coefficient (Wildman–Crippen LogP) is 2.14. The third-order valence-electron chi connectivity index (χ3n) is 2.88. The maximum absolute atomic E-state index is 5.78. The van der Waals surface area contributed by atoms with Crippen LogP contribution in [-0.4, -0.2) is 27.0 Å². The lowest BCUT2D eigenvalue weighted by molar-refractivity contribution is 0.762. The Kier molecular flexibility index (Phi) is 3.88. The summed E-state index contributed by atoms with van der Waals surface area (Å²) in [4.78, 5) is 8.27. The Morgan fingerprint density at radius 1 is 1.44 bits per heavy atom. The van der Waals surface area contributed by atoms with Crippen LogP contribution in [0.4, 0.5) is 11.6 Å². The second-order valence-electron chi connectivity index (χ2n) is 3.97. The van der Waals surface area contributed by atoms with Crippen molar-refractivity contribution < 1.29 is 0 Å². The number of rotatable bonds is 4. The zero-order valence-corrected chi connectivity index (χ0v) is 10.3. The van der Waals surface area contributed by atoms with Crippen LogP contribution in [0.3, 0.4) is 0 Å². The first-order valence-electron chi connectivity index (χ1n) is 5.76. The minimum atomic E-state index is 0.490. The lowest BCUT2D eigenvalue weighted by Gasteiger charge is -2.20. The number of aromatic nitrogens is 2. The van der Waals surface area contributed by atoms with Gasteiger partial charge >= 0.3 is 0 Å². The van der Waals surface area contributed by atoms with E-state index in [9.17, 15) is 0 Å². The van der Waals surface area contributed by atoms with Crippen molar-refractivity contribution in [1.82, 2.24) is 9.97 Å². The fourth-order valence-corrected chi connectivity index (χ4v) is 3.34. The van der Waals surface area contributed by atoms with Gasteiger partial charge in [-0.05, 0) is 18.6 Å². The van der Waals surface area contributed by atoms with Gasteiger partial charge in [-0.15, -0.1) is 0 Å². The quantitative estimate of drug-likeness (QED) is 0.841. The van der Waals surface area contributed by atoms with Crippen LogP contribution in [0.1, 0.15) is 26.2 Å². The number of hydrogen-bond acceptors (Lipinski definition) is 5. The van der Waals surface area contributed by atoms with Crippen LogP contribution < -0.4 is 11.1 Å². The summed E-state index contributed by atoms with van der Waals surface area (Å²) < 4.78 is 0. The first kappa shape index (κ1) is 11.5. The molecule has 88 valence electrons. The molecule has 2 atom stereocenters. The van der Waals surface area contributed by atoms with E-state index in [-0.39, 0.29) is 0 Å². The van der Waals surface area contributed by atoms with Gasteiger partial charge in [0, 0.05) is 23.7 Å². The van der Waals surface area contributed by atoms with Crippen molar-refractivity contribution in [3.8, 4) is 0 Å². The Labute approximate surface area is 100 Å². The van der Waals surface area contributed by atoms with E-state index in [0.717, 1.165) is 5.82 Å². The van der Waals surface area contributed by atoms with Gasteiger partial charge < -0.3 is 11.1 Å². The summed E-state index contributed by atoms with van der Waals surface area (Å²) in [6.45, 7) is 2.21. The van der Waals surface area contributed by atoms with Crippen LogP contribution in [0.2, 0.25) is 0 Å². The van der Waals surface area contributed by atoms with E-state index < -0.39 is 0 Å². The number of hydrogen-bond donors (Lipinski definition) is 2. The van der Waals surface area contributed by atoms with Crippen LogP contribution in [0.25, 0.3) is 0 Å². The molecule has 1 heterocycles. The summed E-state index contributed by atoms with van der Waals surface area (Å²) in [7, 11) is 0. The number of nitrogen functional groups attached to an aromatic ring is 1. The highest BCUT2D eigenvalue weighted by atomic mass is 32.2. The Balaban J connectivity index is 2.01. The largest absolute Gasteiger partial charge is 0.381 e. The molecule has 0 aromatic carbocycles. The number of nitrogens with two attached hydrogens (primary N) is 1. The first-order valence-corrected chi connectivity index (χ1v) is 6.80. The van der Waals surface area contributed by atoms with E-state index >= 15 is 0 Å². The molecule has 1 aromatic heterocycles. The van der Waals surface area contributed by atoms with E-state index in [4.69, 9.17) is 5.73 Å². The number of nitrogens with one attached hydrogen (secondary N) is 1. The SMILES string of the molecule is CCSC1CCCC1Nc1nccnc1N. The number of thioether (sulfide) groups is 1. The van der Waals surface area contributed by atoms with E-state index in [2.05, 4.69) is 22.2 Å². The Bertz CT molecular complexity index is 345. The smallest absolute Gasteiger partial charge is 0.169 e. The molecule has 0 bridgehead atoms. The Hall–Kier alpha value is -0.970. The second-order valence-corrected chi connectivity index (χ2v) is 5.48. The van der Waals surface area contributed by atoms with Crippen molar-refractivity contribution in [2.45, 2.75) is 37.5 Å². The molecule has 1 aliphatic rings. The molecule has 1 saturated carbocycles. The summed E-state index contributed by atoms with van der Waals surface area (Å²) >= 11 is 2.02. The topological polar surface area (TPSA) is 63.8 Å². The van der Waals surface area contributed by atoms with E-state index in [1.807, 2.05) is 11.8 Å². The Morgan fingerprint density at radius 2 is 2.25 bits per heavy atom. The van der Waals surface area contributed by atoms with Crippen LogP contribution in [0, 0.1) is 0 Å². The van der Waals surface area contributed by atoms with Crippen LogP contribution >= 0.6 is 11.8 Å². The first-order chi connectivity index (χ1) is 7.81. The molecule has 1 fully saturated rings. The molecule has 0 amide bonds. The van der Waals surface area contributed by atoms with Crippen molar-refractivity contribution in [2.75, 3.05) is 16.8 Å². The van der Waals surface area contributed by atoms with Crippen LogP contribution in [0.5, 0.6) is 0 Å². The lowest BCUT2D eigenvalue weighted by Crippen LogP contribution is -2.27. The van der Waals surface area contributed by atoms with Gasteiger partial charge in [0.05, 0.1) is 0 Å². The van der Waals surface area contributed by atoms with Gasteiger partial charge in [-0.1, -0.05) is 13.3 Å². The fraction of sp³-hybridized carbons (Fsp3) is 0.636. The van der Waals surface area contributed by atoms with E-state index in [1.165, 1.54) is 25.0 Å². The Morgan fingerprint density at radius 3 is 3.00 bits per heavy atom. The van der Waals surface area contributed by atoms with E-state index in [0.29, 0.717) is 17.1 Å². The molecule has 2 unspecified atom stereocenters. The predicted molar refractivity (Wildman–Crippen MR) is 69.6 cm³/mol. The van der Waals surface area contributed by atoms with Gasteiger partial charge in [-0.2, -0.15) is 11.8 Å². The zero-order valence-electron chi connectivity index (χ0n) is 9.52. The lowest BCUT2D eigenvalue weighted by atomic mass is 10.2. The molecule has 0 radical (unpaired) electrons. The average Bonchev–Trinajstić information content (AvgIpc) is 2.70. The van der Waals surface area contributed by atoms with Gasteiger partial charge in [0.1, 0.15) is 0 Å². The highest BCUT2D eigenvalue weighted by Gasteiger charge is 2.27. The third-order valence-corrected chi connectivity index (χ3v) is 4.21. The molecular formula is C11H18N4S. The molecule has 2 rings (SSSR count). The minimum absolute atomic E-state index is 0.490. The number of nitrogens with zero attached hydrogens (tertiary/aromatic N) is 2. The van der Waals surface area contributed by atoms with Gasteiger partial charge in [0.2, 0.25) is 0 Å². The molecule has 16 heavy (non-hydrogen) atoms. The van der Waals surface area contributed by atoms with Gasteiger partial charge in [0.25, 0.3) is 0 Å². The van der Waals surface area contributed by atoms with Crippen molar-refractivity contribution in [2.24, 2.45) is 0 Å². The fourth-order valence-electron chi connectivity index (χ4n) is 2.14. The molecule has 0 spiro atoms. The highest BCUT2D eigenvalue weighted by Crippen LogP contribution is 2.32. The molecular weight excluding hydrogens is 220 g/mol. The molecule has 0 saturated heterocycles. The normalized spacial score (nSPS) is 24.6. The standard InChI is InChI=1S/C11H18N4S/c1-2-16-9-5-3-4-8(9)15-11-10(12)13-6-7-14-11/h6-9H,2-5H2,1H3,(H2,12,13)(H,14,15). The number of anilines is 2. The third kappa shape index (κ3) is 2.58. The monoisotopic (exact) mass is 238 g/mol. The van der Waals surface area contributed by atoms with Gasteiger partial charge in [-0.3, -0.25) is 0 Å². The molecule has 3 N–H and O–H groups in total. The summed E-state index contributed by atoms with van der Waals surface area (Å²) in [5.41, 5.74) is 5.78. The molecule has 1 aromatic rings. The maximum Gasteiger partial charge on any atom is 0.169 e. The second kappa shape index (κ2) is 5.39.